The molecule has 126 valence electrons. The van der Waals surface area contributed by atoms with Gasteiger partial charge in [-0.1, -0.05) is 12.1 Å². The van der Waals surface area contributed by atoms with Crippen LogP contribution in [0.4, 0.5) is 0 Å². The van der Waals surface area contributed by atoms with Crippen LogP contribution in [0.5, 0.6) is 0 Å². The minimum absolute atomic E-state index is 0.0913. The SMILES string of the molecule is CC(=O)NCCCCNS(=O)(=O)c1ccc(C(=O)C2CC2)cc1. The zero-order valence-electron chi connectivity index (χ0n) is 13.2. The minimum Gasteiger partial charge on any atom is -0.356 e. The van der Waals surface area contributed by atoms with E-state index in [1.54, 1.807) is 12.1 Å². The van der Waals surface area contributed by atoms with Crippen LogP contribution in [0.25, 0.3) is 0 Å². The third-order valence-corrected chi connectivity index (χ3v) is 5.14. The smallest absolute Gasteiger partial charge is 0.240 e. The summed E-state index contributed by atoms with van der Waals surface area (Å²) < 4.78 is 26.8. The molecule has 0 unspecified atom stereocenters. The fourth-order valence-corrected chi connectivity index (χ4v) is 3.26. The van der Waals surface area contributed by atoms with Crippen molar-refractivity contribution in [3.8, 4) is 0 Å². The molecule has 0 saturated heterocycles. The second kappa shape index (κ2) is 7.70. The van der Waals surface area contributed by atoms with E-state index >= 15 is 0 Å². The summed E-state index contributed by atoms with van der Waals surface area (Å²) in [5, 5.41) is 2.66. The molecular weight excluding hydrogens is 316 g/mol. The average molecular weight is 338 g/mol. The van der Waals surface area contributed by atoms with Crippen molar-refractivity contribution in [3.63, 3.8) is 0 Å². The number of rotatable bonds is 9. The van der Waals surface area contributed by atoms with E-state index in [1.165, 1.54) is 19.1 Å². The van der Waals surface area contributed by atoms with Gasteiger partial charge in [0.1, 0.15) is 0 Å². The van der Waals surface area contributed by atoms with Crippen molar-refractivity contribution in [1.82, 2.24) is 10.0 Å². The fraction of sp³-hybridized carbons (Fsp3) is 0.500. The van der Waals surface area contributed by atoms with E-state index in [2.05, 4.69) is 10.0 Å². The van der Waals surface area contributed by atoms with Gasteiger partial charge in [-0.25, -0.2) is 13.1 Å². The first-order valence-corrected chi connectivity index (χ1v) is 9.27. The first-order valence-electron chi connectivity index (χ1n) is 7.78. The van der Waals surface area contributed by atoms with Gasteiger partial charge in [-0.15, -0.1) is 0 Å². The number of sulfonamides is 1. The summed E-state index contributed by atoms with van der Waals surface area (Å²) in [5.41, 5.74) is 0.571. The van der Waals surface area contributed by atoms with Crippen LogP contribution in [0.2, 0.25) is 0 Å². The molecule has 1 aromatic rings. The molecule has 1 aromatic carbocycles. The number of hydrogen-bond acceptors (Lipinski definition) is 4. The van der Waals surface area contributed by atoms with E-state index in [1.807, 2.05) is 0 Å². The largest absolute Gasteiger partial charge is 0.356 e. The Kier molecular flexibility index (Phi) is 5.90. The van der Waals surface area contributed by atoms with Crippen LogP contribution in [0.15, 0.2) is 29.2 Å². The van der Waals surface area contributed by atoms with Crippen molar-refractivity contribution in [1.29, 1.82) is 0 Å². The Morgan fingerprint density at radius 3 is 2.26 bits per heavy atom. The number of unbranched alkanes of at least 4 members (excludes halogenated alkanes) is 1. The first kappa shape index (κ1) is 17.6. The van der Waals surface area contributed by atoms with Crippen LogP contribution in [0.3, 0.4) is 0 Å². The maximum Gasteiger partial charge on any atom is 0.240 e. The van der Waals surface area contributed by atoms with E-state index in [4.69, 9.17) is 0 Å². The van der Waals surface area contributed by atoms with Crippen LogP contribution in [-0.2, 0) is 14.8 Å². The Morgan fingerprint density at radius 1 is 1.09 bits per heavy atom. The Morgan fingerprint density at radius 2 is 1.70 bits per heavy atom. The summed E-state index contributed by atoms with van der Waals surface area (Å²) in [4.78, 5) is 22.7. The van der Waals surface area contributed by atoms with Gasteiger partial charge in [0.25, 0.3) is 0 Å². The predicted octanol–water partition coefficient (Wildman–Crippen LogP) is 1.47. The number of amides is 1. The molecule has 1 aliphatic carbocycles. The topological polar surface area (TPSA) is 92.3 Å². The summed E-state index contributed by atoms with van der Waals surface area (Å²) in [7, 11) is -3.56. The molecule has 0 aliphatic heterocycles. The summed E-state index contributed by atoms with van der Waals surface area (Å²) in [6.45, 7) is 2.29. The van der Waals surface area contributed by atoms with Crippen molar-refractivity contribution in [2.24, 2.45) is 5.92 Å². The normalized spacial score (nSPS) is 14.5. The average Bonchev–Trinajstić information content (AvgIpc) is 3.34. The van der Waals surface area contributed by atoms with Gasteiger partial charge in [0.15, 0.2) is 5.78 Å². The second-order valence-corrected chi connectivity index (χ2v) is 7.52. The van der Waals surface area contributed by atoms with Crippen LogP contribution in [-0.4, -0.2) is 33.2 Å². The number of ketones is 1. The van der Waals surface area contributed by atoms with Gasteiger partial charge in [-0.05, 0) is 37.8 Å². The highest BCUT2D eigenvalue weighted by molar-refractivity contribution is 7.89. The number of Topliss-reactive ketones (excluding diaryl/α,β-unsaturated/α-hetero) is 1. The molecule has 0 bridgehead atoms. The standard InChI is InChI=1S/C16H22N2O4S/c1-12(19)17-10-2-3-11-18-23(21,22)15-8-6-14(7-9-15)16(20)13-4-5-13/h6-9,13,18H,2-5,10-11H2,1H3,(H,17,19). The molecule has 2 rings (SSSR count). The molecule has 0 atom stereocenters. The maximum atomic E-state index is 12.1. The van der Waals surface area contributed by atoms with E-state index in [-0.39, 0.29) is 22.5 Å². The lowest BCUT2D eigenvalue weighted by Crippen LogP contribution is -2.26. The Balaban J connectivity index is 1.81. The molecule has 6 nitrogen and oxygen atoms in total. The molecule has 0 aromatic heterocycles. The van der Waals surface area contributed by atoms with Crippen molar-refractivity contribution in [2.75, 3.05) is 13.1 Å². The summed E-state index contributed by atoms with van der Waals surface area (Å²) in [6, 6.07) is 6.09. The molecule has 1 fully saturated rings. The lowest BCUT2D eigenvalue weighted by Gasteiger charge is -2.08. The third kappa shape index (κ3) is 5.44. The molecule has 1 saturated carbocycles. The van der Waals surface area contributed by atoms with Gasteiger partial charge in [0.2, 0.25) is 15.9 Å². The van der Waals surface area contributed by atoms with Crippen molar-refractivity contribution in [2.45, 2.75) is 37.5 Å². The first-order chi connectivity index (χ1) is 10.9. The van der Waals surface area contributed by atoms with E-state index in [9.17, 15) is 18.0 Å². The van der Waals surface area contributed by atoms with Gasteiger partial charge < -0.3 is 5.32 Å². The molecule has 23 heavy (non-hydrogen) atoms. The number of carbonyl (C=O) groups is 2. The second-order valence-electron chi connectivity index (χ2n) is 5.75. The van der Waals surface area contributed by atoms with Crippen LogP contribution < -0.4 is 10.0 Å². The number of hydrogen-bond donors (Lipinski definition) is 2. The van der Waals surface area contributed by atoms with Gasteiger partial charge in [-0.3, -0.25) is 9.59 Å². The van der Waals surface area contributed by atoms with Gasteiger partial charge in [0, 0.05) is 31.5 Å². The highest BCUT2D eigenvalue weighted by Crippen LogP contribution is 2.32. The van der Waals surface area contributed by atoms with Crippen LogP contribution in [0, 0.1) is 5.92 Å². The molecule has 1 amide bonds. The molecule has 2 N–H and O–H groups in total. The Labute approximate surface area is 136 Å². The number of nitrogens with one attached hydrogen (secondary N) is 2. The quantitative estimate of drug-likeness (QED) is 0.527. The third-order valence-electron chi connectivity index (χ3n) is 3.67. The summed E-state index contributed by atoms with van der Waals surface area (Å²) in [5.74, 6) is 0.130. The number of carbonyl (C=O) groups excluding carboxylic acids is 2. The fourth-order valence-electron chi connectivity index (χ4n) is 2.18. The van der Waals surface area contributed by atoms with Crippen molar-refractivity contribution in [3.05, 3.63) is 29.8 Å². The lowest BCUT2D eigenvalue weighted by atomic mass is 10.1. The van der Waals surface area contributed by atoms with E-state index in [0.717, 1.165) is 12.8 Å². The maximum absolute atomic E-state index is 12.1. The van der Waals surface area contributed by atoms with Gasteiger partial charge >= 0.3 is 0 Å². The minimum atomic E-state index is -3.56. The van der Waals surface area contributed by atoms with Gasteiger partial charge in [0.05, 0.1) is 4.90 Å². The number of benzene rings is 1. The highest BCUT2D eigenvalue weighted by atomic mass is 32.2. The molecule has 7 heteroatoms. The molecule has 0 radical (unpaired) electrons. The van der Waals surface area contributed by atoms with Crippen LogP contribution >= 0.6 is 0 Å². The van der Waals surface area contributed by atoms with E-state index in [0.29, 0.717) is 31.5 Å². The zero-order chi connectivity index (χ0) is 16.9. The van der Waals surface area contributed by atoms with Gasteiger partial charge in [-0.2, -0.15) is 0 Å². The molecule has 1 aliphatic rings. The molecular formula is C16H22N2O4S. The van der Waals surface area contributed by atoms with E-state index < -0.39 is 10.0 Å². The monoisotopic (exact) mass is 338 g/mol. The molecule has 0 spiro atoms. The predicted molar refractivity (Wildman–Crippen MR) is 86.6 cm³/mol. The lowest BCUT2D eigenvalue weighted by molar-refractivity contribution is -0.118. The highest BCUT2D eigenvalue weighted by Gasteiger charge is 2.30. The Bertz CT molecular complexity index is 664. The van der Waals surface area contributed by atoms with Crippen molar-refractivity contribution >= 4 is 21.7 Å². The zero-order valence-corrected chi connectivity index (χ0v) is 14.0. The Hall–Kier alpha value is -1.73. The summed E-state index contributed by atoms with van der Waals surface area (Å²) in [6.07, 6.45) is 3.20. The van der Waals surface area contributed by atoms with Crippen molar-refractivity contribution < 1.29 is 18.0 Å². The summed E-state index contributed by atoms with van der Waals surface area (Å²) >= 11 is 0. The molecule has 0 heterocycles. The van der Waals surface area contributed by atoms with Crippen LogP contribution in [0.1, 0.15) is 43.0 Å².